The van der Waals surface area contributed by atoms with Crippen LogP contribution in [0, 0.1) is 10.8 Å². The van der Waals surface area contributed by atoms with Crippen molar-refractivity contribution in [2.75, 3.05) is 0 Å². The van der Waals surface area contributed by atoms with Crippen LogP contribution < -0.4 is 0 Å². The van der Waals surface area contributed by atoms with E-state index in [9.17, 15) is 5.11 Å². The van der Waals surface area contributed by atoms with E-state index >= 15 is 0 Å². The molecule has 0 saturated carbocycles. The standard InChI is InChI=1S/C12H21NO/c1-11(2,3)12(4,5)10(14)9-7-6-8-13-9/h6-8,10,13-14H,1-5H3. The molecule has 2 nitrogen and oxygen atoms in total. The van der Waals surface area contributed by atoms with E-state index in [0.29, 0.717) is 0 Å². The minimum absolute atomic E-state index is 0.0670. The van der Waals surface area contributed by atoms with E-state index in [1.807, 2.05) is 18.3 Å². The highest BCUT2D eigenvalue weighted by Gasteiger charge is 2.40. The molecule has 14 heavy (non-hydrogen) atoms. The molecule has 1 atom stereocenters. The van der Waals surface area contributed by atoms with E-state index in [1.54, 1.807) is 0 Å². The van der Waals surface area contributed by atoms with Gasteiger partial charge in [0.05, 0.1) is 6.10 Å². The summed E-state index contributed by atoms with van der Waals surface area (Å²) in [4.78, 5) is 3.07. The highest BCUT2D eigenvalue weighted by Crippen LogP contribution is 2.46. The average molecular weight is 195 g/mol. The predicted molar refractivity (Wildman–Crippen MR) is 59.0 cm³/mol. The second-order valence-electron chi connectivity index (χ2n) is 5.50. The third-order valence-corrected chi connectivity index (χ3v) is 3.53. The smallest absolute Gasteiger partial charge is 0.0993 e. The molecule has 1 aromatic rings. The second-order valence-corrected chi connectivity index (χ2v) is 5.50. The number of hydrogen-bond donors (Lipinski definition) is 2. The Kier molecular flexibility index (Phi) is 2.77. The van der Waals surface area contributed by atoms with Gasteiger partial charge in [-0.3, -0.25) is 0 Å². The Balaban J connectivity index is 2.94. The number of aliphatic hydroxyl groups excluding tert-OH is 1. The van der Waals surface area contributed by atoms with Gasteiger partial charge in [0.2, 0.25) is 0 Å². The van der Waals surface area contributed by atoms with Crippen molar-refractivity contribution >= 4 is 0 Å². The number of H-pyrrole nitrogens is 1. The van der Waals surface area contributed by atoms with Crippen molar-refractivity contribution in [2.45, 2.75) is 40.7 Å². The zero-order valence-electron chi connectivity index (χ0n) is 9.76. The summed E-state index contributed by atoms with van der Waals surface area (Å²) in [6.45, 7) is 10.6. The van der Waals surface area contributed by atoms with Crippen LogP contribution in [0.25, 0.3) is 0 Å². The number of nitrogens with one attached hydrogen (secondary N) is 1. The summed E-state index contributed by atoms with van der Waals surface area (Å²) >= 11 is 0. The Bertz CT molecular complexity index is 280. The fraction of sp³-hybridized carbons (Fsp3) is 0.667. The molecule has 2 N–H and O–H groups in total. The van der Waals surface area contributed by atoms with Crippen molar-refractivity contribution in [1.82, 2.24) is 4.98 Å². The van der Waals surface area contributed by atoms with Crippen molar-refractivity contribution in [3.63, 3.8) is 0 Å². The maximum Gasteiger partial charge on any atom is 0.0993 e. The fourth-order valence-electron chi connectivity index (χ4n) is 1.31. The summed E-state index contributed by atoms with van der Waals surface area (Å²) in [7, 11) is 0. The molecule has 0 bridgehead atoms. The molecule has 1 heterocycles. The van der Waals surface area contributed by atoms with Gasteiger partial charge in [0.1, 0.15) is 0 Å². The summed E-state index contributed by atoms with van der Waals surface area (Å²) in [5, 5.41) is 10.2. The van der Waals surface area contributed by atoms with Gasteiger partial charge in [-0.2, -0.15) is 0 Å². The van der Waals surface area contributed by atoms with Gasteiger partial charge in [-0.25, -0.2) is 0 Å². The summed E-state index contributed by atoms with van der Waals surface area (Å²) in [6.07, 6.45) is 1.40. The van der Waals surface area contributed by atoms with Crippen LogP contribution in [0.1, 0.15) is 46.4 Å². The van der Waals surface area contributed by atoms with E-state index in [-0.39, 0.29) is 10.8 Å². The summed E-state index contributed by atoms with van der Waals surface area (Å²) in [6, 6.07) is 3.84. The molecule has 0 spiro atoms. The van der Waals surface area contributed by atoms with Crippen LogP contribution in [-0.2, 0) is 0 Å². The number of rotatable bonds is 2. The topological polar surface area (TPSA) is 36.0 Å². The molecule has 0 aliphatic carbocycles. The highest BCUT2D eigenvalue weighted by molar-refractivity contribution is 5.11. The van der Waals surface area contributed by atoms with Crippen LogP contribution in [0.4, 0.5) is 0 Å². The number of aromatic nitrogens is 1. The summed E-state index contributed by atoms with van der Waals surface area (Å²) in [5.74, 6) is 0. The Morgan fingerprint density at radius 2 is 1.79 bits per heavy atom. The van der Waals surface area contributed by atoms with Crippen LogP contribution in [0.3, 0.4) is 0 Å². The van der Waals surface area contributed by atoms with Crippen molar-refractivity contribution in [3.8, 4) is 0 Å². The van der Waals surface area contributed by atoms with Crippen molar-refractivity contribution in [1.29, 1.82) is 0 Å². The molecule has 0 aliphatic rings. The molecule has 0 fully saturated rings. The Labute approximate surface area is 86.4 Å². The van der Waals surface area contributed by atoms with E-state index in [2.05, 4.69) is 39.6 Å². The van der Waals surface area contributed by atoms with E-state index in [1.165, 1.54) is 0 Å². The summed E-state index contributed by atoms with van der Waals surface area (Å²) < 4.78 is 0. The molecule has 0 aromatic carbocycles. The quantitative estimate of drug-likeness (QED) is 0.747. The number of aliphatic hydroxyl groups is 1. The third-order valence-electron chi connectivity index (χ3n) is 3.53. The van der Waals surface area contributed by atoms with Gasteiger partial charge < -0.3 is 10.1 Å². The van der Waals surface area contributed by atoms with Crippen molar-refractivity contribution in [3.05, 3.63) is 24.0 Å². The SMILES string of the molecule is CC(C)(C)C(C)(C)C(O)c1ccc[nH]1. The zero-order valence-corrected chi connectivity index (χ0v) is 9.76. The largest absolute Gasteiger partial charge is 0.386 e. The van der Waals surface area contributed by atoms with Crippen LogP contribution in [0.15, 0.2) is 18.3 Å². The van der Waals surface area contributed by atoms with Gasteiger partial charge >= 0.3 is 0 Å². The second kappa shape index (κ2) is 3.43. The number of aromatic amines is 1. The first-order chi connectivity index (χ1) is 6.27. The molecular formula is C12H21NO. The molecule has 80 valence electrons. The molecule has 0 saturated heterocycles. The van der Waals surface area contributed by atoms with Crippen LogP contribution in [0.2, 0.25) is 0 Å². The van der Waals surface area contributed by atoms with E-state index < -0.39 is 6.10 Å². The van der Waals surface area contributed by atoms with E-state index in [4.69, 9.17) is 0 Å². The predicted octanol–water partition coefficient (Wildman–Crippen LogP) is 3.12. The molecule has 0 amide bonds. The van der Waals surface area contributed by atoms with Crippen LogP contribution in [0.5, 0.6) is 0 Å². The average Bonchev–Trinajstić information content (AvgIpc) is 2.52. The lowest BCUT2D eigenvalue weighted by Gasteiger charge is -2.42. The maximum atomic E-state index is 10.2. The lowest BCUT2D eigenvalue weighted by atomic mass is 9.65. The third kappa shape index (κ3) is 1.85. The fourth-order valence-corrected chi connectivity index (χ4v) is 1.31. The van der Waals surface area contributed by atoms with Gasteiger partial charge in [-0.05, 0) is 17.5 Å². The normalized spacial score (nSPS) is 15.6. The molecule has 2 heteroatoms. The first-order valence-electron chi connectivity index (χ1n) is 5.08. The summed E-state index contributed by atoms with van der Waals surface area (Å²) in [5.41, 5.74) is 0.806. The van der Waals surface area contributed by atoms with E-state index in [0.717, 1.165) is 5.69 Å². The maximum absolute atomic E-state index is 10.2. The van der Waals surface area contributed by atoms with Gasteiger partial charge in [-0.1, -0.05) is 34.6 Å². The minimum Gasteiger partial charge on any atom is -0.386 e. The Morgan fingerprint density at radius 3 is 2.14 bits per heavy atom. The van der Waals surface area contributed by atoms with Crippen molar-refractivity contribution in [2.24, 2.45) is 10.8 Å². The first-order valence-corrected chi connectivity index (χ1v) is 5.08. The van der Waals surface area contributed by atoms with Crippen LogP contribution in [-0.4, -0.2) is 10.1 Å². The van der Waals surface area contributed by atoms with Gasteiger partial charge in [0.15, 0.2) is 0 Å². The monoisotopic (exact) mass is 195 g/mol. The highest BCUT2D eigenvalue weighted by atomic mass is 16.3. The lowest BCUT2D eigenvalue weighted by Crippen LogP contribution is -2.35. The minimum atomic E-state index is -0.447. The lowest BCUT2D eigenvalue weighted by molar-refractivity contribution is -0.0313. The zero-order chi connectivity index (χ0) is 11.0. The number of hydrogen-bond acceptors (Lipinski definition) is 1. The molecule has 0 radical (unpaired) electrons. The molecule has 1 rings (SSSR count). The van der Waals surface area contributed by atoms with Gasteiger partial charge in [-0.15, -0.1) is 0 Å². The van der Waals surface area contributed by atoms with Gasteiger partial charge in [0, 0.05) is 17.3 Å². The van der Waals surface area contributed by atoms with Crippen molar-refractivity contribution < 1.29 is 5.11 Å². The molecule has 0 aliphatic heterocycles. The molecular weight excluding hydrogens is 174 g/mol. The van der Waals surface area contributed by atoms with Gasteiger partial charge in [0.25, 0.3) is 0 Å². The molecule has 1 unspecified atom stereocenters. The molecule has 1 aromatic heterocycles. The Morgan fingerprint density at radius 1 is 1.21 bits per heavy atom. The van der Waals surface area contributed by atoms with Crippen LogP contribution >= 0.6 is 0 Å². The first kappa shape index (κ1) is 11.3. The Hall–Kier alpha value is -0.760.